The van der Waals surface area contributed by atoms with Crippen LogP contribution in [-0.2, 0) is 18.2 Å². The number of aromatic nitrogens is 4. The van der Waals surface area contributed by atoms with Gasteiger partial charge in [0.25, 0.3) is 0 Å². The molecule has 8 heteroatoms. The number of tetrazole rings is 1. The molecule has 1 saturated heterocycles. The number of hydrogen-bond acceptors (Lipinski definition) is 5. The second-order valence-corrected chi connectivity index (χ2v) is 6.03. The minimum atomic E-state index is -0.403. The predicted octanol–water partition coefficient (Wildman–Crippen LogP) is 1.47. The van der Waals surface area contributed by atoms with E-state index in [2.05, 4.69) is 10.4 Å². The third-order valence-corrected chi connectivity index (χ3v) is 4.06. The van der Waals surface area contributed by atoms with Crippen LogP contribution in [0.4, 0.5) is 4.39 Å². The molecule has 24 heavy (non-hydrogen) atoms. The fourth-order valence-electron chi connectivity index (χ4n) is 2.48. The van der Waals surface area contributed by atoms with E-state index in [1.165, 1.54) is 13.1 Å². The van der Waals surface area contributed by atoms with E-state index in [9.17, 15) is 9.18 Å². The highest BCUT2D eigenvalue weighted by Gasteiger charge is 2.22. The van der Waals surface area contributed by atoms with Crippen LogP contribution in [0.1, 0.15) is 25.3 Å². The average molecular weight is 336 g/mol. The number of nitrogens with zero attached hydrogens (tertiary/aromatic N) is 4. The number of aryl methyl sites for hydroxylation is 2. The van der Waals surface area contributed by atoms with Crippen molar-refractivity contribution in [3.05, 3.63) is 34.0 Å². The van der Waals surface area contributed by atoms with Gasteiger partial charge in [-0.2, -0.15) is 9.36 Å². The van der Waals surface area contributed by atoms with Crippen LogP contribution in [0, 0.1) is 11.7 Å². The highest BCUT2D eigenvalue weighted by atomic mass is 19.1. The number of halogens is 1. The van der Waals surface area contributed by atoms with E-state index in [0.717, 1.165) is 22.2 Å². The largest absolute Gasteiger partial charge is 0.491 e. The summed E-state index contributed by atoms with van der Waals surface area (Å²) in [6.07, 6.45) is 2.42. The van der Waals surface area contributed by atoms with Crippen molar-refractivity contribution in [1.29, 1.82) is 0 Å². The van der Waals surface area contributed by atoms with Crippen molar-refractivity contribution in [2.75, 3.05) is 19.8 Å². The van der Waals surface area contributed by atoms with E-state index in [1.807, 2.05) is 6.92 Å². The van der Waals surface area contributed by atoms with Crippen molar-refractivity contribution in [2.45, 2.75) is 26.2 Å². The Morgan fingerprint density at radius 2 is 2.17 bits per heavy atom. The number of unbranched alkanes of at least 4 members (excludes halogenated alkanes) is 1. The van der Waals surface area contributed by atoms with Gasteiger partial charge in [0.15, 0.2) is 0 Å². The van der Waals surface area contributed by atoms with E-state index in [-0.39, 0.29) is 5.82 Å². The Morgan fingerprint density at radius 1 is 1.38 bits per heavy atom. The van der Waals surface area contributed by atoms with Crippen LogP contribution >= 0.6 is 0 Å². The molecule has 1 aromatic heterocycles. The molecule has 0 unspecified atom stereocenters. The van der Waals surface area contributed by atoms with Gasteiger partial charge in [-0.3, -0.25) is 0 Å². The summed E-state index contributed by atoms with van der Waals surface area (Å²) in [6, 6.07) is 2.97. The standard InChI is InChI=1S/C16H21FN4O3/c1-3-4-5-12-6-14(21-16(22)20(2)18-19-21)15(7-13(12)17)24-10-11-8-23-9-11/h6-7,11H,3-5,8-10H2,1-2H3. The Labute approximate surface area is 139 Å². The van der Waals surface area contributed by atoms with Gasteiger partial charge in [-0.25, -0.2) is 9.18 Å². The lowest BCUT2D eigenvalue weighted by atomic mass is 10.1. The second kappa shape index (κ2) is 7.12. The highest BCUT2D eigenvalue weighted by Crippen LogP contribution is 2.27. The van der Waals surface area contributed by atoms with E-state index in [0.29, 0.717) is 49.2 Å². The molecule has 0 spiro atoms. The van der Waals surface area contributed by atoms with Gasteiger partial charge in [0.1, 0.15) is 17.3 Å². The van der Waals surface area contributed by atoms with Gasteiger partial charge in [0, 0.05) is 19.0 Å². The Morgan fingerprint density at radius 3 is 2.75 bits per heavy atom. The summed E-state index contributed by atoms with van der Waals surface area (Å²) < 4.78 is 27.5. The number of rotatable bonds is 7. The quantitative estimate of drug-likeness (QED) is 0.766. The molecular weight excluding hydrogens is 315 g/mol. The van der Waals surface area contributed by atoms with Crippen molar-refractivity contribution in [3.8, 4) is 11.4 Å². The van der Waals surface area contributed by atoms with E-state index in [4.69, 9.17) is 9.47 Å². The summed E-state index contributed by atoms with van der Waals surface area (Å²) >= 11 is 0. The molecule has 0 amide bonds. The fourth-order valence-corrected chi connectivity index (χ4v) is 2.48. The molecule has 0 N–H and O–H groups in total. The van der Waals surface area contributed by atoms with Crippen LogP contribution in [0.25, 0.3) is 5.69 Å². The maximum absolute atomic E-state index is 14.4. The van der Waals surface area contributed by atoms with Crippen LogP contribution in [0.3, 0.4) is 0 Å². The van der Waals surface area contributed by atoms with Crippen molar-refractivity contribution >= 4 is 0 Å². The zero-order valence-corrected chi connectivity index (χ0v) is 13.9. The topological polar surface area (TPSA) is 71.2 Å². The van der Waals surface area contributed by atoms with Crippen molar-refractivity contribution in [3.63, 3.8) is 0 Å². The van der Waals surface area contributed by atoms with Gasteiger partial charge in [-0.05, 0) is 34.9 Å². The molecule has 130 valence electrons. The zero-order valence-electron chi connectivity index (χ0n) is 13.9. The first-order valence-electron chi connectivity index (χ1n) is 8.12. The maximum Gasteiger partial charge on any atom is 0.368 e. The molecular formula is C16H21FN4O3. The maximum atomic E-state index is 14.4. The Balaban J connectivity index is 1.96. The first kappa shape index (κ1) is 16.6. The number of hydrogen-bond donors (Lipinski definition) is 0. The third-order valence-electron chi connectivity index (χ3n) is 4.06. The average Bonchev–Trinajstić information content (AvgIpc) is 2.85. The monoisotopic (exact) mass is 336 g/mol. The first-order valence-corrected chi connectivity index (χ1v) is 8.12. The molecule has 0 radical (unpaired) electrons. The van der Waals surface area contributed by atoms with Crippen LogP contribution in [0.15, 0.2) is 16.9 Å². The molecule has 3 rings (SSSR count). The minimum Gasteiger partial charge on any atom is -0.491 e. The Hall–Kier alpha value is -2.22. The third kappa shape index (κ3) is 3.33. The van der Waals surface area contributed by atoms with E-state index in [1.54, 1.807) is 6.07 Å². The molecule has 0 atom stereocenters. The summed E-state index contributed by atoms with van der Waals surface area (Å²) in [6.45, 7) is 3.73. The smallest absolute Gasteiger partial charge is 0.368 e. The first-order chi connectivity index (χ1) is 11.6. The number of benzene rings is 1. The molecule has 1 aromatic carbocycles. The summed E-state index contributed by atoms with van der Waals surface area (Å²) in [4.78, 5) is 12.2. The fraction of sp³-hybridized carbons (Fsp3) is 0.562. The van der Waals surface area contributed by atoms with E-state index >= 15 is 0 Å². The predicted molar refractivity (Wildman–Crippen MR) is 85.0 cm³/mol. The lowest BCUT2D eigenvalue weighted by Crippen LogP contribution is -2.33. The Bertz CT molecular complexity index is 767. The number of ether oxygens (including phenoxy) is 2. The molecule has 7 nitrogen and oxygen atoms in total. The summed E-state index contributed by atoms with van der Waals surface area (Å²) in [5.41, 5.74) is 0.560. The van der Waals surface area contributed by atoms with Crippen molar-refractivity contribution < 1.29 is 13.9 Å². The van der Waals surface area contributed by atoms with Gasteiger partial charge in [-0.15, -0.1) is 0 Å². The lowest BCUT2D eigenvalue weighted by molar-refractivity contribution is -0.0508. The molecule has 0 saturated carbocycles. The van der Waals surface area contributed by atoms with Crippen LogP contribution in [0.2, 0.25) is 0 Å². The molecule has 1 aliphatic rings. The molecule has 1 fully saturated rings. The van der Waals surface area contributed by atoms with Gasteiger partial charge in [-0.1, -0.05) is 13.3 Å². The van der Waals surface area contributed by atoms with Crippen LogP contribution < -0.4 is 10.4 Å². The summed E-state index contributed by atoms with van der Waals surface area (Å²) in [7, 11) is 1.51. The minimum absolute atomic E-state index is 0.291. The molecule has 2 heterocycles. The Kier molecular flexibility index (Phi) is 4.94. The van der Waals surface area contributed by atoms with Gasteiger partial charge >= 0.3 is 5.69 Å². The van der Waals surface area contributed by atoms with Crippen molar-refractivity contribution in [1.82, 2.24) is 19.8 Å². The zero-order chi connectivity index (χ0) is 17.1. The molecule has 0 aliphatic carbocycles. The highest BCUT2D eigenvalue weighted by molar-refractivity contribution is 5.49. The SMILES string of the molecule is CCCCc1cc(-n2nnn(C)c2=O)c(OCC2COC2)cc1F. The van der Waals surface area contributed by atoms with E-state index < -0.39 is 5.69 Å². The van der Waals surface area contributed by atoms with Gasteiger partial charge in [0.05, 0.1) is 19.8 Å². The van der Waals surface area contributed by atoms with Crippen LogP contribution in [0.5, 0.6) is 5.75 Å². The molecule has 0 bridgehead atoms. The van der Waals surface area contributed by atoms with Crippen LogP contribution in [-0.4, -0.2) is 39.6 Å². The van der Waals surface area contributed by atoms with Gasteiger partial charge in [0.2, 0.25) is 0 Å². The van der Waals surface area contributed by atoms with Gasteiger partial charge < -0.3 is 9.47 Å². The lowest BCUT2D eigenvalue weighted by Gasteiger charge is -2.26. The summed E-state index contributed by atoms with van der Waals surface area (Å²) in [5.74, 6) is 0.255. The molecule has 1 aliphatic heterocycles. The second-order valence-electron chi connectivity index (χ2n) is 6.03. The molecule has 2 aromatic rings. The normalized spacial score (nSPS) is 14.6. The van der Waals surface area contributed by atoms with Crippen molar-refractivity contribution in [2.24, 2.45) is 13.0 Å². The summed E-state index contributed by atoms with van der Waals surface area (Å²) in [5, 5.41) is 7.57.